The molecule has 2 rings (SSSR count). The van der Waals surface area contributed by atoms with Gasteiger partial charge in [-0.15, -0.1) is 11.6 Å². The van der Waals surface area contributed by atoms with E-state index in [1.54, 1.807) is 0 Å². The molecule has 0 aliphatic rings. The topological polar surface area (TPSA) is 0 Å². The average Bonchev–Trinajstić information content (AvgIpc) is 2.35. The monoisotopic (exact) mass is 434 g/mol. The number of alkyl halides is 1. The summed E-state index contributed by atoms with van der Waals surface area (Å²) in [4.78, 5) is 0. The van der Waals surface area contributed by atoms with Crippen LogP contribution in [0.5, 0.6) is 0 Å². The van der Waals surface area contributed by atoms with Gasteiger partial charge in [0.1, 0.15) is 0 Å². The van der Waals surface area contributed by atoms with Gasteiger partial charge in [0.05, 0.1) is 5.38 Å². The molecule has 2 aromatic carbocycles. The van der Waals surface area contributed by atoms with Gasteiger partial charge >= 0.3 is 0 Å². The van der Waals surface area contributed by atoms with Gasteiger partial charge in [0.25, 0.3) is 0 Å². The Morgan fingerprint density at radius 2 is 1.78 bits per heavy atom. The van der Waals surface area contributed by atoms with Gasteiger partial charge in [0.2, 0.25) is 0 Å². The maximum absolute atomic E-state index is 6.60. The van der Waals surface area contributed by atoms with E-state index in [0.717, 1.165) is 15.6 Å². The summed E-state index contributed by atoms with van der Waals surface area (Å²) in [5.74, 6) is 0. The molecule has 0 aliphatic carbocycles. The second-order valence-electron chi connectivity index (χ2n) is 4.37. The standard InChI is InChI=1S/C15H13BrClI/c1-9-3-4-11(7-10(9)2)15(17)13-8-12(18)5-6-14(13)16/h3-8,15H,1-2H3. The van der Waals surface area contributed by atoms with Crippen molar-refractivity contribution < 1.29 is 0 Å². The van der Waals surface area contributed by atoms with Crippen LogP contribution in [-0.2, 0) is 0 Å². The molecule has 1 unspecified atom stereocenters. The largest absolute Gasteiger partial charge is 0.113 e. The summed E-state index contributed by atoms with van der Waals surface area (Å²) >= 11 is 12.5. The van der Waals surface area contributed by atoms with Crippen LogP contribution >= 0.6 is 50.1 Å². The van der Waals surface area contributed by atoms with Gasteiger partial charge in [-0.25, -0.2) is 0 Å². The van der Waals surface area contributed by atoms with Crippen molar-refractivity contribution in [2.24, 2.45) is 0 Å². The molecule has 0 spiro atoms. The lowest BCUT2D eigenvalue weighted by Gasteiger charge is -2.14. The van der Waals surface area contributed by atoms with Crippen molar-refractivity contribution in [2.75, 3.05) is 0 Å². The fourth-order valence-corrected chi connectivity index (χ4v) is 3.25. The quantitative estimate of drug-likeness (QED) is 0.401. The van der Waals surface area contributed by atoms with Gasteiger partial charge in [-0.1, -0.05) is 34.1 Å². The van der Waals surface area contributed by atoms with Crippen LogP contribution < -0.4 is 0 Å². The fraction of sp³-hybridized carbons (Fsp3) is 0.200. The molecule has 0 nitrogen and oxygen atoms in total. The first-order valence-corrected chi connectivity index (χ1v) is 7.96. The lowest BCUT2D eigenvalue weighted by atomic mass is 10.00. The Balaban J connectivity index is 2.44. The van der Waals surface area contributed by atoms with Gasteiger partial charge in [0.15, 0.2) is 0 Å². The zero-order valence-electron chi connectivity index (χ0n) is 10.2. The van der Waals surface area contributed by atoms with Crippen LogP contribution in [0.4, 0.5) is 0 Å². The highest BCUT2D eigenvalue weighted by molar-refractivity contribution is 14.1. The zero-order valence-corrected chi connectivity index (χ0v) is 14.7. The second-order valence-corrected chi connectivity index (χ2v) is 6.91. The molecular weight excluding hydrogens is 422 g/mol. The number of hydrogen-bond acceptors (Lipinski definition) is 0. The third-order valence-electron chi connectivity index (χ3n) is 3.05. The van der Waals surface area contributed by atoms with E-state index in [9.17, 15) is 0 Å². The van der Waals surface area contributed by atoms with Gasteiger partial charge in [-0.05, 0) is 76.9 Å². The van der Waals surface area contributed by atoms with Crippen molar-refractivity contribution in [3.63, 3.8) is 0 Å². The summed E-state index contributed by atoms with van der Waals surface area (Å²) in [7, 11) is 0. The average molecular weight is 436 g/mol. The summed E-state index contributed by atoms with van der Waals surface area (Å²) in [6, 6.07) is 12.6. The molecule has 18 heavy (non-hydrogen) atoms. The molecule has 0 heterocycles. The minimum absolute atomic E-state index is 0.117. The lowest BCUT2D eigenvalue weighted by molar-refractivity contribution is 1.11. The highest BCUT2D eigenvalue weighted by Crippen LogP contribution is 2.35. The molecule has 0 N–H and O–H groups in total. The second kappa shape index (κ2) is 5.93. The van der Waals surface area contributed by atoms with E-state index in [1.807, 2.05) is 6.07 Å². The predicted octanol–water partition coefficient (Wildman–Crippen LogP) is 6.00. The SMILES string of the molecule is Cc1ccc(C(Cl)c2cc(I)ccc2Br)cc1C. The minimum Gasteiger partial charge on any atom is -0.113 e. The fourth-order valence-electron chi connectivity index (χ4n) is 1.81. The molecule has 0 fully saturated rings. The number of hydrogen-bond donors (Lipinski definition) is 0. The van der Waals surface area contributed by atoms with Crippen LogP contribution in [0.3, 0.4) is 0 Å². The zero-order chi connectivity index (χ0) is 13.3. The van der Waals surface area contributed by atoms with Crippen LogP contribution in [0, 0.1) is 17.4 Å². The Bertz CT molecular complexity index is 581. The molecule has 1 atom stereocenters. The molecule has 3 heteroatoms. The molecule has 0 saturated carbocycles. The van der Waals surface area contributed by atoms with Crippen molar-refractivity contribution in [3.05, 3.63) is 66.7 Å². The number of benzene rings is 2. The van der Waals surface area contributed by atoms with Crippen LogP contribution in [0.15, 0.2) is 40.9 Å². The van der Waals surface area contributed by atoms with Crippen molar-refractivity contribution >= 4 is 50.1 Å². The normalized spacial score (nSPS) is 12.5. The minimum atomic E-state index is -0.117. The Morgan fingerprint density at radius 1 is 1.06 bits per heavy atom. The maximum Gasteiger partial charge on any atom is 0.0846 e. The molecule has 0 amide bonds. The number of halogens is 3. The van der Waals surface area contributed by atoms with Crippen LogP contribution in [0.2, 0.25) is 0 Å². The summed E-state index contributed by atoms with van der Waals surface area (Å²) < 4.78 is 2.25. The van der Waals surface area contributed by atoms with Crippen molar-refractivity contribution in [2.45, 2.75) is 19.2 Å². The lowest BCUT2D eigenvalue weighted by Crippen LogP contribution is -1.96. The molecular formula is C15H13BrClI. The third kappa shape index (κ3) is 3.09. The molecule has 0 saturated heterocycles. The smallest absolute Gasteiger partial charge is 0.0846 e. The van der Waals surface area contributed by atoms with E-state index in [0.29, 0.717) is 0 Å². The highest BCUT2D eigenvalue weighted by atomic mass is 127. The predicted molar refractivity (Wildman–Crippen MR) is 90.5 cm³/mol. The first kappa shape index (κ1) is 14.4. The summed E-state index contributed by atoms with van der Waals surface area (Å²) in [6.07, 6.45) is 0. The van der Waals surface area contributed by atoms with Gasteiger partial charge in [0, 0.05) is 8.04 Å². The third-order valence-corrected chi connectivity index (χ3v) is 4.93. The van der Waals surface area contributed by atoms with Gasteiger partial charge in [-0.3, -0.25) is 0 Å². The summed E-state index contributed by atoms with van der Waals surface area (Å²) in [6.45, 7) is 4.23. The van der Waals surface area contributed by atoms with Crippen molar-refractivity contribution in [1.82, 2.24) is 0 Å². The summed E-state index contributed by atoms with van der Waals surface area (Å²) in [5, 5.41) is -0.117. The van der Waals surface area contributed by atoms with E-state index in [-0.39, 0.29) is 5.38 Å². The number of aryl methyl sites for hydroxylation is 2. The molecule has 0 radical (unpaired) electrons. The number of rotatable bonds is 2. The van der Waals surface area contributed by atoms with Crippen LogP contribution in [0.1, 0.15) is 27.6 Å². The molecule has 0 aliphatic heterocycles. The van der Waals surface area contributed by atoms with Gasteiger partial charge in [-0.2, -0.15) is 0 Å². The Kier molecular flexibility index (Phi) is 4.73. The van der Waals surface area contributed by atoms with E-state index >= 15 is 0 Å². The van der Waals surface area contributed by atoms with Crippen LogP contribution in [0.25, 0.3) is 0 Å². The molecule has 0 bridgehead atoms. The van der Waals surface area contributed by atoms with Gasteiger partial charge < -0.3 is 0 Å². The molecule has 94 valence electrons. The van der Waals surface area contributed by atoms with Crippen molar-refractivity contribution in [1.29, 1.82) is 0 Å². The summed E-state index contributed by atoms with van der Waals surface area (Å²) in [5.41, 5.74) is 4.83. The molecule has 2 aromatic rings. The maximum atomic E-state index is 6.60. The Hall–Kier alpha value is -0.0600. The van der Waals surface area contributed by atoms with Crippen LogP contribution in [-0.4, -0.2) is 0 Å². The first-order valence-electron chi connectivity index (χ1n) is 5.65. The van der Waals surface area contributed by atoms with Crippen molar-refractivity contribution in [3.8, 4) is 0 Å². The molecule has 0 aromatic heterocycles. The highest BCUT2D eigenvalue weighted by Gasteiger charge is 2.14. The first-order chi connectivity index (χ1) is 8.49. The van der Waals surface area contributed by atoms with E-state index < -0.39 is 0 Å². The van der Waals surface area contributed by atoms with E-state index in [1.165, 1.54) is 14.7 Å². The Morgan fingerprint density at radius 3 is 2.44 bits per heavy atom. The Labute approximate surface area is 135 Å². The van der Waals surface area contributed by atoms with E-state index in [4.69, 9.17) is 11.6 Å². The van der Waals surface area contributed by atoms with E-state index in [2.05, 4.69) is 82.7 Å².